The van der Waals surface area contributed by atoms with Crippen LogP contribution in [0.2, 0.25) is 0 Å². The Morgan fingerprint density at radius 3 is 2.61 bits per heavy atom. The highest BCUT2D eigenvalue weighted by Crippen LogP contribution is 2.24. The number of carbonyl (C=O) groups excluding carboxylic acids is 1. The number of para-hydroxylation sites is 1. The van der Waals surface area contributed by atoms with E-state index in [9.17, 15) is 14.0 Å². The number of aromatic nitrogens is 1. The minimum Gasteiger partial charge on any atom is -0.372 e. The van der Waals surface area contributed by atoms with Gasteiger partial charge in [0.25, 0.3) is 0 Å². The summed E-state index contributed by atoms with van der Waals surface area (Å²) in [5, 5.41) is 3.40. The first-order valence-corrected chi connectivity index (χ1v) is 10.4. The zero-order chi connectivity index (χ0) is 22.0. The number of pyridine rings is 1. The lowest BCUT2D eigenvalue weighted by molar-refractivity contribution is -0.121. The maximum absolute atomic E-state index is 14.7. The van der Waals surface area contributed by atoms with Gasteiger partial charge in [-0.1, -0.05) is 18.2 Å². The molecule has 6 nitrogen and oxygen atoms in total. The van der Waals surface area contributed by atoms with Crippen molar-refractivity contribution in [2.75, 3.05) is 18.0 Å². The number of hydrogen-bond donors (Lipinski definition) is 1. The van der Waals surface area contributed by atoms with Gasteiger partial charge in [0.2, 0.25) is 5.91 Å². The number of rotatable bonds is 5. The van der Waals surface area contributed by atoms with Crippen LogP contribution in [0.1, 0.15) is 19.4 Å². The number of nitrogens with zero attached hydrogens (tertiary/aromatic N) is 2. The van der Waals surface area contributed by atoms with Crippen LogP contribution in [-0.4, -0.2) is 35.8 Å². The van der Waals surface area contributed by atoms with Crippen LogP contribution in [0.25, 0.3) is 10.9 Å². The van der Waals surface area contributed by atoms with Gasteiger partial charge >= 0.3 is 0 Å². The van der Waals surface area contributed by atoms with E-state index >= 15 is 0 Å². The Balaban J connectivity index is 1.41. The van der Waals surface area contributed by atoms with Crippen LogP contribution in [0, 0.1) is 5.82 Å². The number of fused-ring (bicyclic) bond motifs is 1. The van der Waals surface area contributed by atoms with Gasteiger partial charge in [-0.2, -0.15) is 0 Å². The summed E-state index contributed by atoms with van der Waals surface area (Å²) in [4.78, 5) is 26.4. The highest BCUT2D eigenvalue weighted by Gasteiger charge is 2.24. The predicted octanol–water partition coefficient (Wildman–Crippen LogP) is 3.07. The number of anilines is 1. The van der Waals surface area contributed by atoms with Crippen molar-refractivity contribution < 1.29 is 13.9 Å². The highest BCUT2D eigenvalue weighted by molar-refractivity contribution is 5.82. The first kappa shape index (κ1) is 21.1. The summed E-state index contributed by atoms with van der Waals surface area (Å²) in [6.07, 6.45) is 1.71. The van der Waals surface area contributed by atoms with Crippen LogP contribution in [0.15, 0.2) is 59.5 Å². The molecular weight excluding hydrogens is 397 g/mol. The van der Waals surface area contributed by atoms with Gasteiger partial charge in [0, 0.05) is 37.3 Å². The number of morpholine rings is 1. The van der Waals surface area contributed by atoms with E-state index in [0.29, 0.717) is 35.2 Å². The molecule has 1 amide bonds. The number of carbonyl (C=O) groups is 1. The van der Waals surface area contributed by atoms with Gasteiger partial charge in [-0.05, 0) is 43.7 Å². The fourth-order valence-electron chi connectivity index (χ4n) is 4.10. The fourth-order valence-corrected chi connectivity index (χ4v) is 4.10. The first-order chi connectivity index (χ1) is 14.9. The third-order valence-corrected chi connectivity index (χ3v) is 5.46. The number of ether oxygens (including phenoxy) is 1. The van der Waals surface area contributed by atoms with Gasteiger partial charge < -0.3 is 19.5 Å². The number of benzene rings is 2. The Kier molecular flexibility index (Phi) is 6.04. The summed E-state index contributed by atoms with van der Waals surface area (Å²) in [6, 6.07) is 13.7. The van der Waals surface area contributed by atoms with Crippen molar-refractivity contribution in [1.82, 2.24) is 9.88 Å². The Bertz CT molecular complexity index is 1150. The van der Waals surface area contributed by atoms with E-state index in [0.717, 1.165) is 0 Å². The summed E-state index contributed by atoms with van der Waals surface area (Å²) < 4.78 is 22.2. The van der Waals surface area contributed by atoms with E-state index in [1.165, 1.54) is 12.1 Å². The Hall–Kier alpha value is -3.19. The highest BCUT2D eigenvalue weighted by atomic mass is 19.1. The third kappa shape index (κ3) is 4.77. The lowest BCUT2D eigenvalue weighted by Crippen LogP contribution is -2.45. The molecule has 7 heteroatoms. The molecule has 1 aromatic heterocycles. The second-order valence-corrected chi connectivity index (χ2v) is 8.05. The lowest BCUT2D eigenvalue weighted by atomic mass is 10.1. The quantitative estimate of drug-likeness (QED) is 0.685. The molecule has 0 radical (unpaired) electrons. The minimum atomic E-state index is -0.306. The van der Waals surface area contributed by atoms with E-state index in [-0.39, 0.29) is 42.5 Å². The van der Waals surface area contributed by atoms with E-state index in [1.807, 2.05) is 36.9 Å². The number of hydrogen-bond acceptors (Lipinski definition) is 4. The standard InChI is InChI=1S/C24H26FN3O3/c1-16-13-28(14-17(2)31-16)22-8-7-18(11-20(22)25)12-26-24(30)15-27-10-9-23(29)19-5-3-4-6-21(19)27/h3-11,16-17H,12-15H2,1-2H3,(H,26,30)/t16-,17-/m0/s1. The zero-order valence-corrected chi connectivity index (χ0v) is 17.7. The molecule has 2 heterocycles. The molecule has 1 N–H and O–H groups in total. The summed E-state index contributed by atoms with van der Waals surface area (Å²) >= 11 is 0. The van der Waals surface area contributed by atoms with Crippen LogP contribution in [0.3, 0.4) is 0 Å². The molecule has 0 spiro atoms. The average Bonchev–Trinajstić information content (AvgIpc) is 2.74. The molecule has 1 saturated heterocycles. The average molecular weight is 423 g/mol. The Labute approximate surface area is 180 Å². The molecule has 3 aromatic rings. The molecular formula is C24H26FN3O3. The summed E-state index contributed by atoms with van der Waals surface area (Å²) in [5.74, 6) is -0.520. The maximum atomic E-state index is 14.7. The van der Waals surface area contributed by atoms with Crippen molar-refractivity contribution in [1.29, 1.82) is 0 Å². The van der Waals surface area contributed by atoms with Gasteiger partial charge in [0.05, 0.1) is 23.4 Å². The molecule has 2 atom stereocenters. The van der Waals surface area contributed by atoms with Crippen LogP contribution in [0.5, 0.6) is 0 Å². The molecule has 0 bridgehead atoms. The SMILES string of the molecule is C[C@H]1CN(c2ccc(CNC(=O)Cn3ccc(=O)c4ccccc43)cc2F)C[C@H](C)O1. The van der Waals surface area contributed by atoms with Crippen molar-refractivity contribution >= 4 is 22.5 Å². The molecule has 1 aliphatic heterocycles. The maximum Gasteiger partial charge on any atom is 0.240 e. The molecule has 0 saturated carbocycles. The number of nitrogens with one attached hydrogen (secondary N) is 1. The third-order valence-electron chi connectivity index (χ3n) is 5.46. The smallest absolute Gasteiger partial charge is 0.240 e. The fraction of sp³-hybridized carbons (Fsp3) is 0.333. The van der Waals surface area contributed by atoms with Crippen LogP contribution >= 0.6 is 0 Å². The molecule has 1 aliphatic rings. The predicted molar refractivity (Wildman–Crippen MR) is 119 cm³/mol. The summed E-state index contributed by atoms with van der Waals surface area (Å²) in [6.45, 7) is 5.55. The summed E-state index contributed by atoms with van der Waals surface area (Å²) in [5.41, 5.74) is 1.87. The monoisotopic (exact) mass is 423 g/mol. The van der Waals surface area contributed by atoms with Crippen LogP contribution in [0.4, 0.5) is 10.1 Å². The molecule has 4 rings (SSSR count). The van der Waals surface area contributed by atoms with Crippen molar-refractivity contribution in [3.63, 3.8) is 0 Å². The Morgan fingerprint density at radius 1 is 1.13 bits per heavy atom. The molecule has 0 unspecified atom stereocenters. The summed E-state index contributed by atoms with van der Waals surface area (Å²) in [7, 11) is 0. The topological polar surface area (TPSA) is 63.6 Å². The largest absolute Gasteiger partial charge is 0.372 e. The Morgan fingerprint density at radius 2 is 1.87 bits per heavy atom. The van der Waals surface area contributed by atoms with Crippen LogP contribution < -0.4 is 15.6 Å². The van der Waals surface area contributed by atoms with Crippen molar-refractivity contribution in [3.05, 3.63) is 76.3 Å². The van der Waals surface area contributed by atoms with E-state index in [4.69, 9.17) is 4.74 Å². The van der Waals surface area contributed by atoms with Gasteiger partial charge in [-0.3, -0.25) is 9.59 Å². The van der Waals surface area contributed by atoms with Crippen LogP contribution in [-0.2, 0) is 22.6 Å². The van der Waals surface area contributed by atoms with E-state index in [2.05, 4.69) is 5.32 Å². The van der Waals surface area contributed by atoms with E-state index < -0.39 is 0 Å². The molecule has 1 fully saturated rings. The zero-order valence-electron chi connectivity index (χ0n) is 17.7. The van der Waals surface area contributed by atoms with Crippen molar-refractivity contribution in [3.8, 4) is 0 Å². The normalized spacial score (nSPS) is 18.9. The molecule has 0 aliphatic carbocycles. The first-order valence-electron chi connectivity index (χ1n) is 10.4. The van der Waals surface area contributed by atoms with Crippen molar-refractivity contribution in [2.45, 2.75) is 39.1 Å². The number of amides is 1. The van der Waals surface area contributed by atoms with E-state index in [1.54, 1.807) is 29.0 Å². The second-order valence-electron chi connectivity index (χ2n) is 8.05. The van der Waals surface area contributed by atoms with Crippen molar-refractivity contribution in [2.24, 2.45) is 0 Å². The van der Waals surface area contributed by atoms with Gasteiger partial charge in [0.15, 0.2) is 5.43 Å². The minimum absolute atomic E-state index is 0.0476. The number of halogens is 1. The molecule has 31 heavy (non-hydrogen) atoms. The lowest BCUT2D eigenvalue weighted by Gasteiger charge is -2.37. The van der Waals surface area contributed by atoms with Gasteiger partial charge in [-0.25, -0.2) is 4.39 Å². The van der Waals surface area contributed by atoms with Gasteiger partial charge in [0.1, 0.15) is 12.4 Å². The molecule has 2 aromatic carbocycles. The van der Waals surface area contributed by atoms with Gasteiger partial charge in [-0.15, -0.1) is 0 Å². The second kappa shape index (κ2) is 8.89. The molecule has 162 valence electrons.